The molecule has 30 heavy (non-hydrogen) atoms. The van der Waals surface area contributed by atoms with Gasteiger partial charge >= 0.3 is 12.1 Å². The van der Waals surface area contributed by atoms with Crippen LogP contribution in [-0.2, 0) is 27.0 Å². The molecule has 1 aromatic heterocycles. The molecule has 1 atom stereocenters. The van der Waals surface area contributed by atoms with E-state index < -0.39 is 44.8 Å². The van der Waals surface area contributed by atoms with Crippen LogP contribution in [-0.4, -0.2) is 32.4 Å². The van der Waals surface area contributed by atoms with Crippen LogP contribution in [0, 0.1) is 5.41 Å². The van der Waals surface area contributed by atoms with Crippen LogP contribution >= 0.6 is 23.2 Å². The van der Waals surface area contributed by atoms with Crippen molar-refractivity contribution in [3.8, 4) is 5.69 Å². The van der Waals surface area contributed by atoms with Gasteiger partial charge in [0.25, 0.3) is 0 Å². The highest BCUT2D eigenvalue weighted by atomic mass is 35.5. The second kappa shape index (κ2) is 9.33. The van der Waals surface area contributed by atoms with Crippen LogP contribution in [0.1, 0.15) is 31.0 Å². The summed E-state index contributed by atoms with van der Waals surface area (Å²) in [6.07, 6.45) is -2.81. The Labute approximate surface area is 182 Å². The predicted octanol–water partition coefficient (Wildman–Crippen LogP) is 3.69. The van der Waals surface area contributed by atoms with E-state index in [-0.39, 0.29) is 28.5 Å². The molecular weight excluding hydrogens is 470 g/mol. The van der Waals surface area contributed by atoms with Gasteiger partial charge in [-0.3, -0.25) is 5.41 Å². The Morgan fingerprint density at radius 1 is 1.40 bits per heavy atom. The third-order valence-electron chi connectivity index (χ3n) is 3.68. The number of benzene rings is 1. The van der Waals surface area contributed by atoms with Gasteiger partial charge in [0.2, 0.25) is 4.90 Å². The summed E-state index contributed by atoms with van der Waals surface area (Å²) in [5, 5.41) is 11.2. The van der Waals surface area contributed by atoms with Crippen molar-refractivity contribution in [2.24, 2.45) is 0 Å². The van der Waals surface area contributed by atoms with Crippen molar-refractivity contribution >= 4 is 52.0 Å². The number of carbonyl (C=O) groups excluding carboxylic acids is 1. The standard InChI is InChI=1S/C16H16Cl2F3N5O3S/c1-3-4-10(27)29-25-14(22)11-13(30(2)28)15(23)26(24-11)12-8(17)5-7(6-9(12)18)16(19,20)21/h5-6H,3-4,23H2,1-2H3,(H2,22,25). The maximum atomic E-state index is 13.0. The molecular formula is C16H16Cl2F3N5O3S. The van der Waals surface area contributed by atoms with Gasteiger partial charge in [-0.05, 0) is 29.7 Å². The summed E-state index contributed by atoms with van der Waals surface area (Å²) in [5.74, 6) is -1.45. The molecule has 1 heterocycles. The smallest absolute Gasteiger partial charge is 0.416 e. The van der Waals surface area contributed by atoms with Crippen molar-refractivity contribution in [1.29, 1.82) is 5.41 Å². The molecule has 164 valence electrons. The first-order chi connectivity index (χ1) is 13.9. The number of nitrogens with two attached hydrogens (primary N) is 1. The Morgan fingerprint density at radius 2 is 1.97 bits per heavy atom. The van der Waals surface area contributed by atoms with Crippen molar-refractivity contribution in [2.75, 3.05) is 12.0 Å². The molecule has 0 spiro atoms. The van der Waals surface area contributed by atoms with Gasteiger partial charge in [0.05, 0.1) is 15.6 Å². The van der Waals surface area contributed by atoms with Crippen LogP contribution in [0.15, 0.2) is 17.0 Å². The zero-order valence-electron chi connectivity index (χ0n) is 15.6. The monoisotopic (exact) mass is 485 g/mol. The lowest BCUT2D eigenvalue weighted by molar-refractivity contribution is -0.147. The van der Waals surface area contributed by atoms with E-state index in [9.17, 15) is 22.5 Å². The number of halogens is 5. The van der Waals surface area contributed by atoms with Crippen molar-refractivity contribution in [1.82, 2.24) is 15.3 Å². The van der Waals surface area contributed by atoms with E-state index in [0.29, 0.717) is 18.6 Å². The first-order valence-corrected chi connectivity index (χ1v) is 10.5. The number of nitrogens with zero attached hydrogens (tertiary/aromatic N) is 2. The second-order valence-corrected chi connectivity index (χ2v) is 8.05. The lowest BCUT2D eigenvalue weighted by Crippen LogP contribution is -2.28. The fourth-order valence-electron chi connectivity index (χ4n) is 2.38. The van der Waals surface area contributed by atoms with E-state index in [1.54, 1.807) is 6.92 Å². The minimum absolute atomic E-state index is 0.0974. The van der Waals surface area contributed by atoms with Crippen molar-refractivity contribution < 1.29 is 27.4 Å². The molecule has 0 radical (unpaired) electrons. The summed E-state index contributed by atoms with van der Waals surface area (Å²) in [6.45, 7) is 1.75. The van der Waals surface area contributed by atoms with Gasteiger partial charge in [-0.2, -0.15) is 23.8 Å². The molecule has 0 saturated carbocycles. The number of carbonyl (C=O) groups is 1. The van der Waals surface area contributed by atoms with Crippen molar-refractivity contribution in [3.05, 3.63) is 33.4 Å². The van der Waals surface area contributed by atoms with E-state index in [4.69, 9.17) is 39.2 Å². The normalized spacial score (nSPS) is 12.5. The number of nitrogen functional groups attached to an aromatic ring is 1. The Kier molecular flexibility index (Phi) is 7.50. The molecule has 0 bridgehead atoms. The molecule has 0 aliphatic rings. The Balaban J connectivity index is 2.53. The topological polar surface area (TPSA) is 129 Å². The summed E-state index contributed by atoms with van der Waals surface area (Å²) in [7, 11) is 0. The van der Waals surface area contributed by atoms with Crippen LogP contribution in [0.2, 0.25) is 10.0 Å². The van der Waals surface area contributed by atoms with Crippen LogP contribution in [0.25, 0.3) is 5.69 Å². The quantitative estimate of drug-likeness (QED) is 0.256. The second-order valence-electron chi connectivity index (χ2n) is 5.92. The number of hydrogen-bond donors (Lipinski definition) is 3. The van der Waals surface area contributed by atoms with E-state index >= 15 is 0 Å². The molecule has 1 aromatic carbocycles. The van der Waals surface area contributed by atoms with E-state index in [1.165, 1.54) is 6.26 Å². The maximum Gasteiger partial charge on any atom is 0.416 e. The zero-order chi connectivity index (χ0) is 22.8. The van der Waals surface area contributed by atoms with Gasteiger partial charge < -0.3 is 15.1 Å². The molecule has 4 N–H and O–H groups in total. The van der Waals surface area contributed by atoms with Crippen LogP contribution in [0.5, 0.6) is 0 Å². The van der Waals surface area contributed by atoms with Crippen LogP contribution in [0.4, 0.5) is 19.0 Å². The average molecular weight is 486 g/mol. The van der Waals surface area contributed by atoms with Crippen molar-refractivity contribution in [3.63, 3.8) is 0 Å². The fourth-order valence-corrected chi connectivity index (χ4v) is 3.82. The summed E-state index contributed by atoms with van der Waals surface area (Å²) < 4.78 is 51.9. The Bertz CT molecular complexity index is 959. The zero-order valence-corrected chi connectivity index (χ0v) is 17.9. The van der Waals surface area contributed by atoms with E-state index in [0.717, 1.165) is 4.68 Å². The van der Waals surface area contributed by atoms with Crippen LogP contribution in [0.3, 0.4) is 0 Å². The molecule has 0 amide bonds. The third-order valence-corrected chi connectivity index (χ3v) is 5.23. The molecule has 0 aliphatic carbocycles. The van der Waals surface area contributed by atoms with Gasteiger partial charge in [-0.15, -0.1) is 0 Å². The molecule has 8 nitrogen and oxygen atoms in total. The first kappa shape index (κ1) is 24.1. The van der Waals surface area contributed by atoms with Gasteiger partial charge in [-0.25, -0.2) is 9.48 Å². The summed E-state index contributed by atoms with van der Waals surface area (Å²) in [4.78, 5) is 16.1. The van der Waals surface area contributed by atoms with Crippen molar-refractivity contribution in [2.45, 2.75) is 30.8 Å². The third kappa shape index (κ3) is 5.12. The maximum absolute atomic E-state index is 13.0. The largest absolute Gasteiger partial charge is 0.611 e. The minimum atomic E-state index is -4.68. The highest BCUT2D eigenvalue weighted by Gasteiger charge is 2.34. The number of nitrogens with one attached hydrogen (secondary N) is 2. The Hall–Kier alpha value is -2.15. The Morgan fingerprint density at radius 3 is 2.43 bits per heavy atom. The first-order valence-electron chi connectivity index (χ1n) is 8.21. The molecule has 1 unspecified atom stereocenters. The molecule has 14 heteroatoms. The van der Waals surface area contributed by atoms with Gasteiger partial charge in [0.15, 0.2) is 17.3 Å². The van der Waals surface area contributed by atoms with E-state index in [2.05, 4.69) is 10.6 Å². The molecule has 0 fully saturated rings. The number of alkyl halides is 3. The molecule has 2 rings (SSSR count). The van der Waals surface area contributed by atoms with Gasteiger partial charge in [0.1, 0.15) is 11.9 Å². The lowest BCUT2D eigenvalue weighted by atomic mass is 10.2. The van der Waals surface area contributed by atoms with Gasteiger partial charge in [-0.1, -0.05) is 30.1 Å². The molecule has 0 saturated heterocycles. The predicted molar refractivity (Wildman–Crippen MR) is 106 cm³/mol. The molecule has 0 aliphatic heterocycles. The highest BCUT2D eigenvalue weighted by molar-refractivity contribution is 7.91. The number of hydroxylamine groups is 1. The number of rotatable bonds is 5. The average Bonchev–Trinajstić information content (AvgIpc) is 2.96. The summed E-state index contributed by atoms with van der Waals surface area (Å²) in [6, 6.07) is 1.28. The van der Waals surface area contributed by atoms with Crippen LogP contribution < -0.4 is 11.2 Å². The molecule has 2 aromatic rings. The summed E-state index contributed by atoms with van der Waals surface area (Å²) >= 11 is 10.2. The highest BCUT2D eigenvalue weighted by Crippen LogP contribution is 2.39. The number of amidine groups is 1. The number of hydrogen-bond acceptors (Lipinski definition) is 6. The fraction of sp³-hybridized carbons (Fsp3) is 0.312. The van der Waals surface area contributed by atoms with E-state index in [1.807, 2.05) is 0 Å². The lowest BCUT2D eigenvalue weighted by Gasteiger charge is -2.13. The summed E-state index contributed by atoms with van der Waals surface area (Å²) in [5.41, 5.74) is 6.52. The number of aromatic nitrogens is 2. The minimum Gasteiger partial charge on any atom is -0.611 e. The van der Waals surface area contributed by atoms with Gasteiger partial charge in [0, 0.05) is 6.42 Å². The SMILES string of the molecule is CCCC(=O)ONC(=N)c1nn(-c2c(Cl)cc(C(F)(F)F)cc2Cl)c(N)c1[S+](C)[O-]. The number of anilines is 1.